The lowest BCUT2D eigenvalue weighted by Crippen LogP contribution is -2.24. The minimum atomic E-state index is -0.271. The van der Waals surface area contributed by atoms with Gasteiger partial charge in [0, 0.05) is 12.0 Å². The molecule has 0 bridgehead atoms. The summed E-state index contributed by atoms with van der Waals surface area (Å²) in [5, 5.41) is 0. The van der Waals surface area contributed by atoms with E-state index in [1.165, 1.54) is 16.7 Å². The van der Waals surface area contributed by atoms with Gasteiger partial charge in [-0.05, 0) is 42.4 Å². The van der Waals surface area contributed by atoms with Gasteiger partial charge >= 0.3 is 0 Å². The Bertz CT molecular complexity index is 501. The lowest BCUT2D eigenvalue weighted by Gasteiger charge is -2.16. The first-order valence-corrected chi connectivity index (χ1v) is 7.29. The number of carbonyl (C=O) groups excluding carboxylic acids is 1. The number of benzene rings is 1. The van der Waals surface area contributed by atoms with Gasteiger partial charge in [0.2, 0.25) is 5.91 Å². The van der Waals surface area contributed by atoms with E-state index in [0.717, 1.165) is 38.0 Å². The summed E-state index contributed by atoms with van der Waals surface area (Å²) in [5.74, 6) is 1.20. The van der Waals surface area contributed by atoms with Gasteiger partial charge in [0.05, 0.1) is 11.4 Å². The van der Waals surface area contributed by atoms with Crippen LogP contribution in [0.3, 0.4) is 0 Å². The Morgan fingerprint density at radius 2 is 2.33 bits per heavy atom. The lowest BCUT2D eigenvalue weighted by atomic mass is 9.91. The standard InChI is InChI=1S/C14H16BrNO2/c15-11(14(16)17)7-9-2-1-8-3-4-12-10(13(8)9)5-6-18-12/h3-4,9,11H,1-2,5-7H2,(H2,16,17). The van der Waals surface area contributed by atoms with Crippen LogP contribution in [-0.4, -0.2) is 17.3 Å². The Kier molecular flexibility index (Phi) is 3.06. The molecule has 1 aromatic carbocycles. The van der Waals surface area contributed by atoms with Crippen molar-refractivity contribution in [2.24, 2.45) is 5.73 Å². The number of alkyl halides is 1. The smallest absolute Gasteiger partial charge is 0.231 e. The predicted molar refractivity (Wildman–Crippen MR) is 73.2 cm³/mol. The number of fused-ring (bicyclic) bond motifs is 3. The molecular formula is C14H16BrNO2. The number of halogens is 1. The number of carbonyl (C=O) groups is 1. The van der Waals surface area contributed by atoms with Crippen molar-refractivity contribution in [1.29, 1.82) is 0 Å². The lowest BCUT2D eigenvalue weighted by molar-refractivity contribution is -0.117. The summed E-state index contributed by atoms with van der Waals surface area (Å²) in [4.78, 5) is 11.0. The third kappa shape index (κ3) is 1.92. The summed E-state index contributed by atoms with van der Waals surface area (Å²) in [6.45, 7) is 0.784. The van der Waals surface area contributed by atoms with E-state index in [4.69, 9.17) is 10.5 Å². The molecule has 2 N–H and O–H groups in total. The number of nitrogens with two attached hydrogens (primary N) is 1. The molecule has 1 heterocycles. The summed E-state index contributed by atoms with van der Waals surface area (Å²) in [7, 11) is 0. The van der Waals surface area contributed by atoms with Crippen molar-refractivity contribution in [2.45, 2.75) is 36.4 Å². The molecule has 1 aliphatic carbocycles. The second-order valence-electron chi connectivity index (χ2n) is 5.05. The Balaban J connectivity index is 1.91. The van der Waals surface area contributed by atoms with Crippen LogP contribution in [0.15, 0.2) is 12.1 Å². The molecule has 0 saturated heterocycles. The number of rotatable bonds is 3. The van der Waals surface area contributed by atoms with E-state index in [1.54, 1.807) is 0 Å². The summed E-state index contributed by atoms with van der Waals surface area (Å²) in [6.07, 6.45) is 4.00. The number of aryl methyl sites for hydroxylation is 1. The van der Waals surface area contributed by atoms with Crippen LogP contribution < -0.4 is 10.5 Å². The first-order chi connectivity index (χ1) is 8.66. The molecular weight excluding hydrogens is 294 g/mol. The molecule has 1 amide bonds. The summed E-state index contributed by atoms with van der Waals surface area (Å²) in [5.41, 5.74) is 9.55. The Morgan fingerprint density at radius 1 is 1.50 bits per heavy atom. The zero-order valence-electron chi connectivity index (χ0n) is 10.1. The maximum atomic E-state index is 11.2. The van der Waals surface area contributed by atoms with Gasteiger partial charge in [0.15, 0.2) is 0 Å². The molecule has 2 unspecified atom stereocenters. The Morgan fingerprint density at radius 3 is 3.11 bits per heavy atom. The third-order valence-electron chi connectivity index (χ3n) is 3.98. The predicted octanol–water partition coefficient (Wildman–Crippen LogP) is 2.29. The van der Waals surface area contributed by atoms with Gasteiger partial charge in [-0.1, -0.05) is 22.0 Å². The van der Waals surface area contributed by atoms with Crippen LogP contribution in [0.25, 0.3) is 0 Å². The van der Waals surface area contributed by atoms with E-state index in [-0.39, 0.29) is 10.7 Å². The fraction of sp³-hybridized carbons (Fsp3) is 0.500. The van der Waals surface area contributed by atoms with Crippen LogP contribution in [0.2, 0.25) is 0 Å². The van der Waals surface area contributed by atoms with Crippen molar-refractivity contribution >= 4 is 21.8 Å². The molecule has 3 rings (SSSR count). The highest BCUT2D eigenvalue weighted by Crippen LogP contribution is 2.44. The maximum absolute atomic E-state index is 11.2. The van der Waals surface area contributed by atoms with Crippen LogP contribution >= 0.6 is 15.9 Å². The van der Waals surface area contributed by atoms with E-state index >= 15 is 0 Å². The third-order valence-corrected chi connectivity index (χ3v) is 4.81. The molecule has 96 valence electrons. The highest BCUT2D eigenvalue weighted by molar-refractivity contribution is 9.10. The average molecular weight is 310 g/mol. The van der Waals surface area contributed by atoms with E-state index in [1.807, 2.05) is 0 Å². The van der Waals surface area contributed by atoms with Crippen molar-refractivity contribution in [3.05, 3.63) is 28.8 Å². The normalized spacial score (nSPS) is 22.2. The number of hydrogen-bond acceptors (Lipinski definition) is 2. The molecule has 0 radical (unpaired) electrons. The van der Waals surface area contributed by atoms with E-state index in [9.17, 15) is 4.79 Å². The van der Waals surface area contributed by atoms with Crippen molar-refractivity contribution in [2.75, 3.05) is 6.61 Å². The highest BCUT2D eigenvalue weighted by Gasteiger charge is 2.31. The van der Waals surface area contributed by atoms with Gasteiger partial charge in [-0.3, -0.25) is 4.79 Å². The van der Waals surface area contributed by atoms with E-state index in [0.29, 0.717) is 5.92 Å². The fourth-order valence-electron chi connectivity index (χ4n) is 3.15. The van der Waals surface area contributed by atoms with Crippen LogP contribution in [0, 0.1) is 0 Å². The monoisotopic (exact) mass is 309 g/mol. The second-order valence-corrected chi connectivity index (χ2v) is 6.16. The molecule has 0 fully saturated rings. The minimum Gasteiger partial charge on any atom is -0.493 e. The van der Waals surface area contributed by atoms with Gasteiger partial charge in [0.25, 0.3) is 0 Å². The van der Waals surface area contributed by atoms with Crippen LogP contribution in [-0.2, 0) is 17.6 Å². The van der Waals surface area contributed by atoms with Crippen LogP contribution in [0.5, 0.6) is 5.75 Å². The molecule has 3 nitrogen and oxygen atoms in total. The van der Waals surface area contributed by atoms with Crippen molar-refractivity contribution < 1.29 is 9.53 Å². The number of hydrogen-bond donors (Lipinski definition) is 1. The van der Waals surface area contributed by atoms with Gasteiger partial charge in [0.1, 0.15) is 5.75 Å². The molecule has 4 heteroatoms. The molecule has 2 aliphatic rings. The van der Waals surface area contributed by atoms with Crippen LogP contribution in [0.1, 0.15) is 35.4 Å². The first kappa shape index (κ1) is 12.0. The maximum Gasteiger partial charge on any atom is 0.231 e. The van der Waals surface area contributed by atoms with Gasteiger partial charge in [-0.15, -0.1) is 0 Å². The minimum absolute atomic E-state index is 0.230. The van der Waals surface area contributed by atoms with Crippen molar-refractivity contribution in [1.82, 2.24) is 0 Å². The second kappa shape index (κ2) is 4.57. The number of ether oxygens (including phenoxy) is 1. The van der Waals surface area contributed by atoms with E-state index in [2.05, 4.69) is 28.1 Å². The summed E-state index contributed by atoms with van der Waals surface area (Å²) in [6, 6.07) is 4.26. The molecule has 2 atom stereocenters. The molecule has 0 spiro atoms. The highest BCUT2D eigenvalue weighted by atomic mass is 79.9. The van der Waals surface area contributed by atoms with Crippen molar-refractivity contribution in [3.8, 4) is 5.75 Å². The summed E-state index contributed by atoms with van der Waals surface area (Å²) >= 11 is 3.38. The fourth-order valence-corrected chi connectivity index (χ4v) is 3.60. The van der Waals surface area contributed by atoms with Gasteiger partial charge in [-0.2, -0.15) is 0 Å². The van der Waals surface area contributed by atoms with Gasteiger partial charge < -0.3 is 10.5 Å². The molecule has 1 aliphatic heterocycles. The van der Waals surface area contributed by atoms with E-state index < -0.39 is 0 Å². The zero-order valence-corrected chi connectivity index (χ0v) is 11.7. The summed E-state index contributed by atoms with van der Waals surface area (Å²) < 4.78 is 5.62. The average Bonchev–Trinajstić information content (AvgIpc) is 2.94. The van der Waals surface area contributed by atoms with Crippen LogP contribution in [0.4, 0.5) is 0 Å². The molecule has 0 aromatic heterocycles. The quantitative estimate of drug-likeness (QED) is 0.871. The first-order valence-electron chi connectivity index (χ1n) is 6.37. The Labute approximate surface area is 115 Å². The van der Waals surface area contributed by atoms with Gasteiger partial charge in [-0.25, -0.2) is 0 Å². The SMILES string of the molecule is NC(=O)C(Br)CC1CCc2ccc3c(c21)CCO3. The van der Waals surface area contributed by atoms with Crippen molar-refractivity contribution in [3.63, 3.8) is 0 Å². The number of amides is 1. The largest absolute Gasteiger partial charge is 0.493 e. The molecule has 18 heavy (non-hydrogen) atoms. The zero-order chi connectivity index (χ0) is 12.7. The topological polar surface area (TPSA) is 52.3 Å². The number of primary amides is 1. The Hall–Kier alpha value is -1.03. The molecule has 0 saturated carbocycles. The molecule has 1 aromatic rings.